The number of anilines is 1. The van der Waals surface area contributed by atoms with Crippen molar-refractivity contribution < 1.29 is 0 Å². The summed E-state index contributed by atoms with van der Waals surface area (Å²) >= 11 is 3.39. The molecule has 13 heavy (non-hydrogen) atoms. The van der Waals surface area contributed by atoms with Gasteiger partial charge in [0, 0.05) is 18.3 Å². The van der Waals surface area contributed by atoms with E-state index in [1.165, 1.54) is 0 Å². The summed E-state index contributed by atoms with van der Waals surface area (Å²) in [5, 5.41) is 8.08. The van der Waals surface area contributed by atoms with Crippen LogP contribution in [0.4, 0.5) is 5.69 Å². The first-order valence-electron chi connectivity index (χ1n) is 4.01. The van der Waals surface area contributed by atoms with E-state index in [0.717, 1.165) is 22.4 Å². The van der Waals surface area contributed by atoms with Gasteiger partial charge in [-0.25, -0.2) is 0 Å². The molecule has 0 radical (unpaired) electrons. The smallest absolute Gasteiger partial charge is 0.175 e. The highest BCUT2D eigenvalue weighted by Crippen LogP contribution is 2.20. The maximum Gasteiger partial charge on any atom is 0.175 e. The Morgan fingerprint density at radius 3 is 3.00 bits per heavy atom. The second-order valence-electron chi connectivity index (χ2n) is 2.78. The third kappa shape index (κ3) is 1.29. The van der Waals surface area contributed by atoms with E-state index >= 15 is 0 Å². The van der Waals surface area contributed by atoms with Crippen LogP contribution in [0.15, 0.2) is 16.7 Å². The zero-order valence-electron chi connectivity index (χ0n) is 7.16. The van der Waals surface area contributed by atoms with Crippen LogP contribution >= 0.6 is 15.9 Å². The van der Waals surface area contributed by atoms with Crippen LogP contribution in [0.5, 0.6) is 0 Å². The third-order valence-corrected chi connectivity index (χ3v) is 2.45. The summed E-state index contributed by atoms with van der Waals surface area (Å²) in [4.78, 5) is 0. The Morgan fingerprint density at radius 2 is 2.31 bits per heavy atom. The zero-order chi connectivity index (χ0) is 9.42. The normalized spacial score (nSPS) is 10.9. The minimum Gasteiger partial charge on any atom is -0.397 e. The fourth-order valence-electron chi connectivity index (χ4n) is 1.26. The minimum atomic E-state index is 0.703. The van der Waals surface area contributed by atoms with Gasteiger partial charge in [0.05, 0.1) is 4.47 Å². The first-order valence-corrected chi connectivity index (χ1v) is 4.80. The summed E-state index contributed by atoms with van der Waals surface area (Å²) in [5.74, 6) is 0.919. The SMILES string of the molecule is CCc1nnc2c(Br)cc(N)cn12. The lowest BCUT2D eigenvalue weighted by molar-refractivity contribution is 0.910. The molecule has 0 atom stereocenters. The summed E-state index contributed by atoms with van der Waals surface area (Å²) in [5.41, 5.74) is 7.21. The molecule has 0 amide bonds. The van der Waals surface area contributed by atoms with Gasteiger partial charge in [-0.3, -0.25) is 4.40 Å². The van der Waals surface area contributed by atoms with Crippen molar-refractivity contribution in [3.8, 4) is 0 Å². The van der Waals surface area contributed by atoms with E-state index in [1.807, 2.05) is 23.6 Å². The van der Waals surface area contributed by atoms with Crippen LogP contribution in [-0.2, 0) is 6.42 Å². The summed E-state index contributed by atoms with van der Waals surface area (Å²) in [7, 11) is 0. The molecule has 2 rings (SSSR count). The molecule has 0 aliphatic rings. The average Bonchev–Trinajstić information content (AvgIpc) is 2.47. The largest absolute Gasteiger partial charge is 0.397 e. The number of hydrogen-bond acceptors (Lipinski definition) is 3. The summed E-state index contributed by atoms with van der Waals surface area (Å²) in [6.07, 6.45) is 2.68. The van der Waals surface area contributed by atoms with Gasteiger partial charge in [0.2, 0.25) is 0 Å². The van der Waals surface area contributed by atoms with Crippen molar-refractivity contribution in [1.82, 2.24) is 14.6 Å². The van der Waals surface area contributed by atoms with E-state index < -0.39 is 0 Å². The number of nitrogens with two attached hydrogens (primary N) is 1. The number of fused-ring (bicyclic) bond motifs is 1. The van der Waals surface area contributed by atoms with Crippen molar-refractivity contribution in [3.63, 3.8) is 0 Å². The van der Waals surface area contributed by atoms with Crippen LogP contribution in [0.2, 0.25) is 0 Å². The van der Waals surface area contributed by atoms with E-state index in [1.54, 1.807) is 0 Å². The summed E-state index contributed by atoms with van der Waals surface area (Å²) in [6, 6.07) is 1.82. The van der Waals surface area contributed by atoms with Gasteiger partial charge in [0.15, 0.2) is 5.65 Å². The predicted octanol–water partition coefficient (Wildman–Crippen LogP) is 1.64. The Labute approximate surface area is 83.9 Å². The maximum absolute atomic E-state index is 5.70. The Kier molecular flexibility index (Phi) is 1.95. The highest BCUT2D eigenvalue weighted by Gasteiger charge is 2.06. The molecule has 2 N–H and O–H groups in total. The Balaban J connectivity index is 2.82. The fraction of sp³-hybridized carbons (Fsp3) is 0.250. The number of hydrogen-bond donors (Lipinski definition) is 1. The lowest BCUT2D eigenvalue weighted by atomic mass is 10.4. The van der Waals surface area contributed by atoms with Crippen LogP contribution in [0.25, 0.3) is 5.65 Å². The Morgan fingerprint density at radius 1 is 1.54 bits per heavy atom. The van der Waals surface area contributed by atoms with Crippen molar-refractivity contribution in [3.05, 3.63) is 22.6 Å². The standard InChI is InChI=1S/C8H9BrN4/c1-2-7-11-12-8-6(9)3-5(10)4-13(7)8/h3-4H,2,10H2,1H3. The molecule has 0 fully saturated rings. The molecule has 2 heterocycles. The molecule has 4 nitrogen and oxygen atoms in total. The van der Waals surface area contributed by atoms with E-state index in [0.29, 0.717) is 5.69 Å². The average molecular weight is 241 g/mol. The lowest BCUT2D eigenvalue weighted by Gasteiger charge is -1.99. The molecule has 0 saturated carbocycles. The van der Waals surface area contributed by atoms with Gasteiger partial charge in [-0.15, -0.1) is 10.2 Å². The molecule has 5 heteroatoms. The van der Waals surface area contributed by atoms with Gasteiger partial charge >= 0.3 is 0 Å². The first-order chi connectivity index (χ1) is 6.22. The molecule has 0 unspecified atom stereocenters. The van der Waals surface area contributed by atoms with Gasteiger partial charge in [-0.1, -0.05) is 6.92 Å². The molecule has 0 aromatic carbocycles. The molecule has 0 bridgehead atoms. The Bertz CT molecular complexity index is 449. The summed E-state index contributed by atoms with van der Waals surface area (Å²) < 4.78 is 2.78. The quantitative estimate of drug-likeness (QED) is 0.825. The first kappa shape index (κ1) is 8.50. The number of pyridine rings is 1. The van der Waals surface area contributed by atoms with Crippen molar-refractivity contribution >= 4 is 27.3 Å². The van der Waals surface area contributed by atoms with Crippen LogP contribution < -0.4 is 5.73 Å². The molecule has 0 spiro atoms. The monoisotopic (exact) mass is 240 g/mol. The van der Waals surface area contributed by atoms with Crippen molar-refractivity contribution in [2.24, 2.45) is 0 Å². The van der Waals surface area contributed by atoms with Gasteiger partial charge in [0.1, 0.15) is 5.82 Å². The molecular weight excluding hydrogens is 232 g/mol. The molecule has 68 valence electrons. The van der Waals surface area contributed by atoms with Gasteiger partial charge in [-0.05, 0) is 22.0 Å². The number of rotatable bonds is 1. The van der Waals surface area contributed by atoms with E-state index in [2.05, 4.69) is 26.1 Å². The van der Waals surface area contributed by atoms with Crippen LogP contribution in [-0.4, -0.2) is 14.6 Å². The fourth-order valence-corrected chi connectivity index (χ4v) is 1.80. The van der Waals surface area contributed by atoms with Crippen molar-refractivity contribution in [1.29, 1.82) is 0 Å². The second kappa shape index (κ2) is 2.99. The number of aryl methyl sites for hydroxylation is 1. The molecule has 2 aromatic rings. The number of halogens is 1. The second-order valence-corrected chi connectivity index (χ2v) is 3.64. The highest BCUT2D eigenvalue weighted by molar-refractivity contribution is 9.10. The lowest BCUT2D eigenvalue weighted by Crippen LogP contribution is -1.95. The molecular formula is C8H9BrN4. The Hall–Kier alpha value is -1.10. The molecule has 2 aromatic heterocycles. The topological polar surface area (TPSA) is 56.2 Å². The number of nitrogens with zero attached hydrogens (tertiary/aromatic N) is 3. The number of aromatic nitrogens is 3. The summed E-state index contributed by atoms with van der Waals surface area (Å²) in [6.45, 7) is 2.04. The molecule has 0 saturated heterocycles. The van der Waals surface area contributed by atoms with E-state index in [-0.39, 0.29) is 0 Å². The predicted molar refractivity (Wildman–Crippen MR) is 54.5 cm³/mol. The minimum absolute atomic E-state index is 0.703. The zero-order valence-corrected chi connectivity index (χ0v) is 8.74. The van der Waals surface area contributed by atoms with Crippen LogP contribution in [0.1, 0.15) is 12.7 Å². The highest BCUT2D eigenvalue weighted by atomic mass is 79.9. The van der Waals surface area contributed by atoms with Crippen molar-refractivity contribution in [2.75, 3.05) is 5.73 Å². The maximum atomic E-state index is 5.70. The van der Waals surface area contributed by atoms with Gasteiger partial charge < -0.3 is 5.73 Å². The molecule has 0 aliphatic heterocycles. The van der Waals surface area contributed by atoms with Crippen molar-refractivity contribution in [2.45, 2.75) is 13.3 Å². The van der Waals surface area contributed by atoms with Crippen LogP contribution in [0, 0.1) is 0 Å². The molecule has 0 aliphatic carbocycles. The number of nitrogen functional groups attached to an aromatic ring is 1. The van der Waals surface area contributed by atoms with E-state index in [4.69, 9.17) is 5.73 Å². The van der Waals surface area contributed by atoms with E-state index in [9.17, 15) is 0 Å². The third-order valence-electron chi connectivity index (χ3n) is 1.87. The van der Waals surface area contributed by atoms with Gasteiger partial charge in [-0.2, -0.15) is 0 Å². The van der Waals surface area contributed by atoms with Gasteiger partial charge in [0.25, 0.3) is 0 Å². The van der Waals surface area contributed by atoms with Crippen LogP contribution in [0.3, 0.4) is 0 Å².